The maximum atomic E-state index is 2.44. The topological polar surface area (TPSA) is 3.24 Å². The van der Waals surface area contributed by atoms with Crippen LogP contribution in [0.5, 0.6) is 0 Å². The van der Waals surface area contributed by atoms with Gasteiger partial charge in [-0.25, -0.2) is 0 Å². The van der Waals surface area contributed by atoms with Gasteiger partial charge in [-0.1, -0.05) is 58.4 Å². The van der Waals surface area contributed by atoms with Crippen molar-refractivity contribution < 1.29 is 0 Å². The molecule has 1 aliphatic heterocycles. The highest BCUT2D eigenvalue weighted by molar-refractivity contribution is 5.34. The summed E-state index contributed by atoms with van der Waals surface area (Å²) in [5, 5.41) is 0. The minimum Gasteiger partial charge on any atom is -0.306 e. The maximum Gasteiger partial charge on any atom is -0.00159 e. The molecule has 116 valence electrons. The molecule has 0 atom stereocenters. The summed E-state index contributed by atoms with van der Waals surface area (Å²) in [6.07, 6.45) is 3.82. The highest BCUT2D eigenvalue weighted by atomic mass is 15.1. The van der Waals surface area contributed by atoms with E-state index >= 15 is 0 Å². The molecule has 1 heteroatoms. The first-order chi connectivity index (χ1) is 9.70. The lowest BCUT2D eigenvalue weighted by Gasteiger charge is -2.30. The maximum absolute atomic E-state index is 2.44. The average molecular weight is 277 g/mol. The van der Waals surface area contributed by atoms with Crippen LogP contribution in [0.2, 0.25) is 0 Å². The SMILES string of the molecule is CC.CC.CCc1cc(C)ccc1C1CCN(C)CC1. The standard InChI is InChI=1S/C15H23N.2C2H6/c1-4-13-11-12(2)5-6-15(13)14-7-9-16(3)10-8-14;2*1-2/h5-6,11,14H,4,7-10H2,1-3H3;2*1-2H3. The third-order valence-electron chi connectivity index (χ3n) is 3.84. The number of likely N-dealkylation sites (tertiary alicyclic amines) is 1. The molecule has 20 heavy (non-hydrogen) atoms. The largest absolute Gasteiger partial charge is 0.306 e. The van der Waals surface area contributed by atoms with Crippen molar-refractivity contribution in [1.29, 1.82) is 0 Å². The summed E-state index contributed by atoms with van der Waals surface area (Å²) in [6, 6.07) is 7.00. The number of piperidine rings is 1. The van der Waals surface area contributed by atoms with Crippen LogP contribution in [0.15, 0.2) is 18.2 Å². The molecule has 2 rings (SSSR count). The molecule has 1 aromatic carbocycles. The van der Waals surface area contributed by atoms with Gasteiger partial charge in [0.05, 0.1) is 0 Å². The van der Waals surface area contributed by atoms with E-state index in [4.69, 9.17) is 0 Å². The number of nitrogens with zero attached hydrogens (tertiary/aromatic N) is 1. The van der Waals surface area contributed by atoms with Crippen molar-refractivity contribution in [2.24, 2.45) is 0 Å². The van der Waals surface area contributed by atoms with Crippen LogP contribution in [0, 0.1) is 6.92 Å². The van der Waals surface area contributed by atoms with Crippen molar-refractivity contribution in [1.82, 2.24) is 4.90 Å². The Morgan fingerprint density at radius 3 is 2.10 bits per heavy atom. The van der Waals surface area contributed by atoms with Gasteiger partial charge >= 0.3 is 0 Å². The molecule has 0 N–H and O–H groups in total. The Hall–Kier alpha value is -0.820. The second kappa shape index (κ2) is 10.9. The van der Waals surface area contributed by atoms with Crippen molar-refractivity contribution in [3.8, 4) is 0 Å². The van der Waals surface area contributed by atoms with Crippen LogP contribution >= 0.6 is 0 Å². The fourth-order valence-corrected chi connectivity index (χ4v) is 2.76. The summed E-state index contributed by atoms with van der Waals surface area (Å²) in [5.74, 6) is 0.798. The first kappa shape index (κ1) is 19.2. The monoisotopic (exact) mass is 277 g/mol. The molecule has 0 radical (unpaired) electrons. The minimum absolute atomic E-state index is 0.798. The van der Waals surface area contributed by atoms with E-state index < -0.39 is 0 Å². The first-order valence-corrected chi connectivity index (χ1v) is 8.48. The third-order valence-corrected chi connectivity index (χ3v) is 3.84. The third kappa shape index (κ3) is 5.66. The molecule has 0 amide bonds. The molecule has 0 spiro atoms. The van der Waals surface area contributed by atoms with Gasteiger partial charge in [0.25, 0.3) is 0 Å². The lowest BCUT2D eigenvalue weighted by atomic mass is 9.85. The van der Waals surface area contributed by atoms with Gasteiger partial charge in [0.2, 0.25) is 0 Å². The zero-order chi connectivity index (χ0) is 15.5. The minimum atomic E-state index is 0.798. The van der Waals surface area contributed by atoms with E-state index in [1.165, 1.54) is 37.9 Å². The predicted octanol–water partition coefficient (Wildman–Crippen LogP) is 5.42. The number of hydrogen-bond acceptors (Lipinski definition) is 1. The van der Waals surface area contributed by atoms with Crippen LogP contribution in [0.25, 0.3) is 0 Å². The molecular weight excluding hydrogens is 242 g/mol. The zero-order valence-corrected chi connectivity index (χ0v) is 14.8. The van der Waals surface area contributed by atoms with Crippen molar-refractivity contribution in [3.63, 3.8) is 0 Å². The normalized spacial score (nSPS) is 15.8. The second-order valence-corrected chi connectivity index (χ2v) is 5.13. The van der Waals surface area contributed by atoms with E-state index in [-0.39, 0.29) is 0 Å². The van der Waals surface area contributed by atoms with Gasteiger partial charge in [0.1, 0.15) is 0 Å². The van der Waals surface area contributed by atoms with Gasteiger partial charge < -0.3 is 4.90 Å². The lowest BCUT2D eigenvalue weighted by Crippen LogP contribution is -2.29. The molecule has 1 aliphatic rings. The number of hydrogen-bond donors (Lipinski definition) is 0. The highest BCUT2D eigenvalue weighted by Gasteiger charge is 2.19. The van der Waals surface area contributed by atoms with Crippen molar-refractivity contribution in [2.45, 2.75) is 66.7 Å². The molecule has 0 aromatic heterocycles. The highest BCUT2D eigenvalue weighted by Crippen LogP contribution is 2.30. The molecule has 0 unspecified atom stereocenters. The van der Waals surface area contributed by atoms with E-state index in [1.54, 1.807) is 11.1 Å². The predicted molar refractivity (Wildman–Crippen MR) is 92.7 cm³/mol. The Bertz CT molecular complexity index is 349. The molecule has 0 aliphatic carbocycles. The van der Waals surface area contributed by atoms with Crippen LogP contribution in [0.3, 0.4) is 0 Å². The van der Waals surface area contributed by atoms with E-state index in [1.807, 2.05) is 27.7 Å². The average Bonchev–Trinajstić information content (AvgIpc) is 2.52. The number of aryl methyl sites for hydroxylation is 2. The molecule has 1 nitrogen and oxygen atoms in total. The Balaban J connectivity index is 0.000000829. The fourth-order valence-electron chi connectivity index (χ4n) is 2.76. The van der Waals surface area contributed by atoms with Gasteiger partial charge in [-0.3, -0.25) is 0 Å². The summed E-state index contributed by atoms with van der Waals surface area (Å²) < 4.78 is 0. The van der Waals surface area contributed by atoms with Crippen LogP contribution in [-0.2, 0) is 6.42 Å². The summed E-state index contributed by atoms with van der Waals surface area (Å²) in [7, 11) is 2.23. The molecule has 0 saturated carbocycles. The molecule has 1 aromatic rings. The number of rotatable bonds is 2. The Kier molecular flexibility index (Phi) is 10.5. The lowest BCUT2D eigenvalue weighted by molar-refractivity contribution is 0.255. The van der Waals surface area contributed by atoms with E-state index in [0.29, 0.717) is 0 Å². The molecule has 1 fully saturated rings. The van der Waals surface area contributed by atoms with Crippen LogP contribution < -0.4 is 0 Å². The van der Waals surface area contributed by atoms with Gasteiger partial charge in [0, 0.05) is 0 Å². The van der Waals surface area contributed by atoms with Gasteiger partial charge in [0.15, 0.2) is 0 Å². The molecule has 0 bridgehead atoms. The molecular formula is C19H35N. The summed E-state index contributed by atoms with van der Waals surface area (Å²) in [6.45, 7) is 15.0. The summed E-state index contributed by atoms with van der Waals surface area (Å²) in [4.78, 5) is 2.44. The second-order valence-electron chi connectivity index (χ2n) is 5.13. The Morgan fingerprint density at radius 1 is 1.05 bits per heavy atom. The van der Waals surface area contributed by atoms with Gasteiger partial charge in [-0.15, -0.1) is 0 Å². The molecule has 1 saturated heterocycles. The van der Waals surface area contributed by atoms with Crippen molar-refractivity contribution in [3.05, 3.63) is 34.9 Å². The smallest absolute Gasteiger partial charge is 0.00159 e. The Morgan fingerprint density at radius 2 is 1.60 bits per heavy atom. The Labute approximate surface area is 127 Å². The number of benzene rings is 1. The summed E-state index contributed by atoms with van der Waals surface area (Å²) in [5.41, 5.74) is 4.57. The van der Waals surface area contributed by atoms with Gasteiger partial charge in [-0.2, -0.15) is 0 Å². The van der Waals surface area contributed by atoms with Crippen LogP contribution in [-0.4, -0.2) is 25.0 Å². The van der Waals surface area contributed by atoms with E-state index in [2.05, 4.69) is 44.0 Å². The van der Waals surface area contributed by atoms with E-state index in [0.717, 1.165) is 5.92 Å². The molecule has 1 heterocycles. The van der Waals surface area contributed by atoms with Crippen LogP contribution in [0.4, 0.5) is 0 Å². The fraction of sp³-hybridized carbons (Fsp3) is 0.684. The first-order valence-electron chi connectivity index (χ1n) is 8.48. The van der Waals surface area contributed by atoms with Crippen molar-refractivity contribution in [2.75, 3.05) is 20.1 Å². The van der Waals surface area contributed by atoms with Crippen LogP contribution in [0.1, 0.15) is 70.1 Å². The quantitative estimate of drug-likeness (QED) is 0.697. The van der Waals surface area contributed by atoms with Gasteiger partial charge in [-0.05, 0) is 63.4 Å². The van der Waals surface area contributed by atoms with E-state index in [9.17, 15) is 0 Å². The van der Waals surface area contributed by atoms with Crippen molar-refractivity contribution >= 4 is 0 Å². The summed E-state index contributed by atoms with van der Waals surface area (Å²) >= 11 is 0. The zero-order valence-electron chi connectivity index (χ0n) is 14.8.